The van der Waals surface area contributed by atoms with Gasteiger partial charge in [-0.2, -0.15) is 0 Å². The van der Waals surface area contributed by atoms with Gasteiger partial charge in [-0.05, 0) is 30.0 Å². The lowest BCUT2D eigenvalue weighted by molar-refractivity contribution is -0.118. The smallest absolute Gasteiger partial charge is 0.264 e. The first-order valence-electron chi connectivity index (χ1n) is 6.70. The number of carbonyl (C=O) groups is 1. The molecule has 0 aliphatic carbocycles. The molecular weight excluding hydrogens is 316 g/mol. The number of nitrogens with one attached hydrogen (secondary N) is 1. The largest absolute Gasteiger partial charge is 0.483 e. The third kappa shape index (κ3) is 3.52. The summed E-state index contributed by atoms with van der Waals surface area (Å²) < 4.78 is 5.52. The molecule has 0 unspecified atom stereocenters. The standard InChI is InChI=1S/C16H14N2O2S2/c1-11-5-2-3-6-13(11)20-9-15(19)18-16-17-12(10-22-16)14-7-4-8-21-14/h2-8,10H,9H2,1H3,(H,17,18,19). The Morgan fingerprint density at radius 3 is 2.86 bits per heavy atom. The number of thiophene rings is 1. The third-order valence-corrected chi connectivity index (χ3v) is 4.63. The Morgan fingerprint density at radius 2 is 2.09 bits per heavy atom. The van der Waals surface area contributed by atoms with Crippen LogP contribution in [0, 0.1) is 6.92 Å². The van der Waals surface area contributed by atoms with Crippen molar-refractivity contribution < 1.29 is 9.53 Å². The number of anilines is 1. The van der Waals surface area contributed by atoms with Crippen molar-refractivity contribution in [2.45, 2.75) is 6.92 Å². The van der Waals surface area contributed by atoms with E-state index in [0.717, 1.165) is 21.9 Å². The number of amides is 1. The summed E-state index contributed by atoms with van der Waals surface area (Å²) in [5.74, 6) is 0.506. The SMILES string of the molecule is Cc1ccccc1OCC(=O)Nc1nc(-c2cccs2)cs1. The fourth-order valence-electron chi connectivity index (χ4n) is 1.89. The fourth-order valence-corrected chi connectivity index (χ4v) is 3.37. The molecule has 3 rings (SSSR count). The zero-order valence-electron chi connectivity index (χ0n) is 11.9. The van der Waals surface area contributed by atoms with Gasteiger partial charge in [-0.1, -0.05) is 24.3 Å². The van der Waals surface area contributed by atoms with E-state index in [0.29, 0.717) is 5.13 Å². The zero-order valence-corrected chi connectivity index (χ0v) is 13.5. The molecule has 2 aromatic heterocycles. The minimum atomic E-state index is -0.213. The number of hydrogen-bond acceptors (Lipinski definition) is 5. The highest BCUT2D eigenvalue weighted by Crippen LogP contribution is 2.28. The van der Waals surface area contributed by atoms with Gasteiger partial charge in [0.2, 0.25) is 0 Å². The summed E-state index contributed by atoms with van der Waals surface area (Å²) in [5.41, 5.74) is 1.89. The highest BCUT2D eigenvalue weighted by Gasteiger charge is 2.09. The van der Waals surface area contributed by atoms with Crippen LogP contribution in [0.4, 0.5) is 5.13 Å². The Morgan fingerprint density at radius 1 is 1.23 bits per heavy atom. The van der Waals surface area contributed by atoms with Crippen molar-refractivity contribution >= 4 is 33.7 Å². The summed E-state index contributed by atoms with van der Waals surface area (Å²) in [6, 6.07) is 11.6. The second-order valence-corrected chi connectivity index (χ2v) is 6.42. The minimum absolute atomic E-state index is 0.0290. The molecule has 112 valence electrons. The monoisotopic (exact) mass is 330 g/mol. The number of hydrogen-bond donors (Lipinski definition) is 1. The van der Waals surface area contributed by atoms with Crippen LogP contribution < -0.4 is 10.1 Å². The molecule has 4 nitrogen and oxygen atoms in total. The van der Waals surface area contributed by atoms with Crippen LogP contribution >= 0.6 is 22.7 Å². The van der Waals surface area contributed by atoms with Gasteiger partial charge in [0.1, 0.15) is 5.75 Å². The molecule has 1 amide bonds. The Balaban J connectivity index is 1.57. The molecule has 22 heavy (non-hydrogen) atoms. The molecule has 0 aliphatic heterocycles. The second kappa shape index (κ2) is 6.72. The highest BCUT2D eigenvalue weighted by molar-refractivity contribution is 7.16. The molecule has 2 heterocycles. The Labute approximate surface area is 136 Å². The summed E-state index contributed by atoms with van der Waals surface area (Å²) in [4.78, 5) is 17.4. The summed E-state index contributed by atoms with van der Waals surface area (Å²) in [7, 11) is 0. The van der Waals surface area contributed by atoms with Crippen LogP contribution in [0.15, 0.2) is 47.2 Å². The molecule has 0 atom stereocenters. The summed E-state index contributed by atoms with van der Waals surface area (Å²) >= 11 is 3.03. The zero-order chi connectivity index (χ0) is 15.4. The predicted octanol–water partition coefficient (Wildman–Crippen LogP) is 4.20. The van der Waals surface area contributed by atoms with Crippen LogP contribution in [0.2, 0.25) is 0 Å². The molecule has 0 aliphatic rings. The van der Waals surface area contributed by atoms with E-state index < -0.39 is 0 Å². The first-order valence-corrected chi connectivity index (χ1v) is 8.46. The van der Waals surface area contributed by atoms with E-state index in [1.54, 1.807) is 11.3 Å². The maximum Gasteiger partial charge on any atom is 0.264 e. The number of aryl methyl sites for hydroxylation is 1. The molecule has 3 aromatic rings. The Kier molecular flexibility index (Phi) is 4.50. The number of benzene rings is 1. The average Bonchev–Trinajstić information content (AvgIpc) is 3.17. The van der Waals surface area contributed by atoms with Crippen LogP contribution in [0.1, 0.15) is 5.56 Å². The summed E-state index contributed by atoms with van der Waals surface area (Å²) in [6.45, 7) is 1.92. The van der Waals surface area contributed by atoms with Crippen molar-refractivity contribution in [2.24, 2.45) is 0 Å². The number of ether oxygens (including phenoxy) is 1. The molecule has 0 bridgehead atoms. The molecule has 0 saturated heterocycles. The lowest BCUT2D eigenvalue weighted by Crippen LogP contribution is -2.20. The average molecular weight is 330 g/mol. The van der Waals surface area contributed by atoms with Crippen LogP contribution in [0.5, 0.6) is 5.75 Å². The molecule has 0 fully saturated rings. The van der Waals surface area contributed by atoms with Gasteiger partial charge >= 0.3 is 0 Å². The number of thiazole rings is 1. The van der Waals surface area contributed by atoms with Crippen LogP contribution in [-0.2, 0) is 4.79 Å². The normalized spacial score (nSPS) is 10.4. The number of aromatic nitrogens is 1. The molecule has 0 radical (unpaired) electrons. The van der Waals surface area contributed by atoms with Crippen molar-refractivity contribution in [3.8, 4) is 16.3 Å². The minimum Gasteiger partial charge on any atom is -0.483 e. The molecule has 0 saturated carbocycles. The second-order valence-electron chi connectivity index (χ2n) is 4.62. The lowest BCUT2D eigenvalue weighted by atomic mass is 10.2. The number of carbonyl (C=O) groups excluding carboxylic acids is 1. The molecular formula is C16H14N2O2S2. The van der Waals surface area contributed by atoms with Gasteiger partial charge in [-0.25, -0.2) is 4.98 Å². The maximum atomic E-state index is 11.9. The maximum absolute atomic E-state index is 11.9. The van der Waals surface area contributed by atoms with E-state index in [1.807, 2.05) is 54.1 Å². The number of rotatable bonds is 5. The topological polar surface area (TPSA) is 51.2 Å². The molecule has 1 aromatic carbocycles. The summed E-state index contributed by atoms with van der Waals surface area (Å²) in [6.07, 6.45) is 0. The molecule has 1 N–H and O–H groups in total. The Hall–Kier alpha value is -2.18. The van der Waals surface area contributed by atoms with Crippen LogP contribution in [-0.4, -0.2) is 17.5 Å². The van der Waals surface area contributed by atoms with Crippen molar-refractivity contribution in [3.05, 3.63) is 52.7 Å². The van der Waals surface area contributed by atoms with Gasteiger partial charge in [-0.3, -0.25) is 10.1 Å². The van der Waals surface area contributed by atoms with E-state index in [4.69, 9.17) is 4.74 Å². The first-order chi connectivity index (χ1) is 10.7. The van der Waals surface area contributed by atoms with E-state index in [9.17, 15) is 4.79 Å². The first kappa shape index (κ1) is 14.7. The van der Waals surface area contributed by atoms with E-state index in [1.165, 1.54) is 11.3 Å². The fraction of sp³-hybridized carbons (Fsp3) is 0.125. The van der Waals surface area contributed by atoms with Crippen molar-refractivity contribution in [1.29, 1.82) is 0 Å². The quantitative estimate of drug-likeness (QED) is 0.763. The lowest BCUT2D eigenvalue weighted by Gasteiger charge is -2.07. The molecule has 0 spiro atoms. The van der Waals surface area contributed by atoms with Crippen molar-refractivity contribution in [3.63, 3.8) is 0 Å². The van der Waals surface area contributed by atoms with Gasteiger partial charge < -0.3 is 4.74 Å². The third-order valence-electron chi connectivity index (χ3n) is 2.98. The summed E-state index contributed by atoms with van der Waals surface area (Å²) in [5, 5.41) is 7.28. The predicted molar refractivity (Wildman–Crippen MR) is 90.7 cm³/mol. The van der Waals surface area contributed by atoms with Gasteiger partial charge in [0.25, 0.3) is 5.91 Å². The Bertz CT molecular complexity index is 766. The van der Waals surface area contributed by atoms with Gasteiger partial charge in [-0.15, -0.1) is 22.7 Å². The highest BCUT2D eigenvalue weighted by atomic mass is 32.1. The van der Waals surface area contributed by atoms with E-state index >= 15 is 0 Å². The van der Waals surface area contributed by atoms with Gasteiger partial charge in [0.05, 0.1) is 10.6 Å². The van der Waals surface area contributed by atoms with Crippen molar-refractivity contribution in [1.82, 2.24) is 4.98 Å². The molecule has 6 heteroatoms. The van der Waals surface area contributed by atoms with Gasteiger partial charge in [0, 0.05) is 5.38 Å². The van der Waals surface area contributed by atoms with E-state index in [2.05, 4.69) is 10.3 Å². The van der Waals surface area contributed by atoms with E-state index in [-0.39, 0.29) is 12.5 Å². The van der Waals surface area contributed by atoms with Crippen LogP contribution in [0.25, 0.3) is 10.6 Å². The number of para-hydroxylation sites is 1. The number of nitrogens with zero attached hydrogens (tertiary/aromatic N) is 1. The van der Waals surface area contributed by atoms with Gasteiger partial charge in [0.15, 0.2) is 11.7 Å². The van der Waals surface area contributed by atoms with Crippen LogP contribution in [0.3, 0.4) is 0 Å². The van der Waals surface area contributed by atoms with Crippen molar-refractivity contribution in [2.75, 3.05) is 11.9 Å².